The van der Waals surface area contributed by atoms with Gasteiger partial charge in [0.1, 0.15) is 11.0 Å². The van der Waals surface area contributed by atoms with Gasteiger partial charge in [0.2, 0.25) is 11.7 Å². The maximum Gasteiger partial charge on any atom is 0.244 e. The second-order valence-electron chi connectivity index (χ2n) is 4.11. The van der Waals surface area contributed by atoms with Crippen molar-refractivity contribution < 1.29 is 9.26 Å². The smallest absolute Gasteiger partial charge is 0.244 e. The van der Waals surface area contributed by atoms with E-state index in [1.54, 1.807) is 0 Å². The van der Waals surface area contributed by atoms with Gasteiger partial charge < -0.3 is 9.26 Å². The molecule has 2 atom stereocenters. The van der Waals surface area contributed by atoms with E-state index in [0.717, 1.165) is 25.9 Å². The molecule has 0 amide bonds. The van der Waals surface area contributed by atoms with Crippen LogP contribution in [0.2, 0.25) is 0 Å². The molecule has 1 aromatic heterocycles. The van der Waals surface area contributed by atoms with Crippen molar-refractivity contribution in [2.24, 2.45) is 0 Å². The van der Waals surface area contributed by atoms with Crippen LogP contribution in [-0.4, -0.2) is 16.7 Å². The highest BCUT2D eigenvalue weighted by Gasteiger charge is 2.35. The molecule has 0 N–H and O–H groups in total. The van der Waals surface area contributed by atoms with Gasteiger partial charge in [0.25, 0.3) is 0 Å². The fourth-order valence-electron chi connectivity index (χ4n) is 1.72. The van der Waals surface area contributed by atoms with Crippen LogP contribution in [-0.2, 0) is 10.3 Å². The topological polar surface area (TPSA) is 48.2 Å². The van der Waals surface area contributed by atoms with Gasteiger partial charge in [-0.1, -0.05) is 5.16 Å². The summed E-state index contributed by atoms with van der Waals surface area (Å²) in [6, 6.07) is 0. The zero-order valence-electron chi connectivity index (χ0n) is 8.99. The maximum absolute atomic E-state index is 5.86. The number of alkyl halides is 1. The normalized spacial score (nSPS) is 29.0. The molecule has 4 nitrogen and oxygen atoms in total. The third-order valence-electron chi connectivity index (χ3n) is 2.72. The summed E-state index contributed by atoms with van der Waals surface area (Å²) in [6.07, 6.45) is 3.17. The SMILES string of the molecule is CC(Cl)c1nc(C2(C)CCCCO2)no1. The maximum atomic E-state index is 5.86. The number of hydrogen-bond acceptors (Lipinski definition) is 4. The van der Waals surface area contributed by atoms with E-state index in [0.29, 0.717) is 11.7 Å². The fourth-order valence-corrected chi connectivity index (χ4v) is 1.81. The lowest BCUT2D eigenvalue weighted by atomic mass is 9.95. The molecule has 0 radical (unpaired) electrons. The van der Waals surface area contributed by atoms with Crippen molar-refractivity contribution in [2.45, 2.75) is 44.1 Å². The van der Waals surface area contributed by atoms with Crippen LogP contribution in [0.5, 0.6) is 0 Å². The molecule has 15 heavy (non-hydrogen) atoms. The first-order chi connectivity index (χ1) is 7.12. The van der Waals surface area contributed by atoms with E-state index >= 15 is 0 Å². The van der Waals surface area contributed by atoms with Crippen molar-refractivity contribution >= 4 is 11.6 Å². The number of ether oxygens (including phenoxy) is 1. The lowest BCUT2D eigenvalue weighted by Gasteiger charge is -2.30. The summed E-state index contributed by atoms with van der Waals surface area (Å²) in [7, 11) is 0. The van der Waals surface area contributed by atoms with Crippen molar-refractivity contribution in [3.05, 3.63) is 11.7 Å². The minimum atomic E-state index is -0.397. The van der Waals surface area contributed by atoms with Gasteiger partial charge in [0, 0.05) is 6.61 Å². The zero-order valence-corrected chi connectivity index (χ0v) is 9.75. The van der Waals surface area contributed by atoms with Crippen LogP contribution >= 0.6 is 11.6 Å². The van der Waals surface area contributed by atoms with E-state index in [-0.39, 0.29) is 5.38 Å². The summed E-state index contributed by atoms with van der Waals surface area (Å²) >= 11 is 5.86. The van der Waals surface area contributed by atoms with Gasteiger partial charge in [0.05, 0.1) is 0 Å². The Balaban J connectivity index is 2.20. The Kier molecular flexibility index (Phi) is 2.98. The lowest BCUT2D eigenvalue weighted by Crippen LogP contribution is -2.31. The molecule has 0 bridgehead atoms. The lowest BCUT2D eigenvalue weighted by molar-refractivity contribution is -0.0770. The molecular formula is C10H15ClN2O2. The highest BCUT2D eigenvalue weighted by atomic mass is 35.5. The Hall–Kier alpha value is -0.610. The van der Waals surface area contributed by atoms with Crippen molar-refractivity contribution in [3.63, 3.8) is 0 Å². The molecule has 0 saturated carbocycles. The van der Waals surface area contributed by atoms with Gasteiger partial charge in [-0.3, -0.25) is 0 Å². The average Bonchev–Trinajstić information content (AvgIpc) is 2.68. The molecule has 2 rings (SSSR count). The van der Waals surface area contributed by atoms with E-state index in [2.05, 4.69) is 10.1 Å². The summed E-state index contributed by atoms with van der Waals surface area (Å²) in [5, 5.41) is 3.69. The monoisotopic (exact) mass is 230 g/mol. The van der Waals surface area contributed by atoms with Crippen LogP contribution in [0.1, 0.15) is 50.2 Å². The molecule has 0 aliphatic carbocycles. The van der Waals surface area contributed by atoms with Crippen LogP contribution in [0.25, 0.3) is 0 Å². The first-order valence-corrected chi connectivity index (χ1v) is 5.67. The summed E-state index contributed by atoms with van der Waals surface area (Å²) in [5.74, 6) is 1.08. The van der Waals surface area contributed by atoms with Gasteiger partial charge in [-0.25, -0.2) is 0 Å². The second kappa shape index (κ2) is 4.10. The standard InChI is InChI=1S/C10H15ClN2O2/c1-7(11)8-12-9(13-15-8)10(2)5-3-4-6-14-10/h7H,3-6H2,1-2H3. The molecule has 1 aromatic rings. The van der Waals surface area contributed by atoms with Crippen LogP contribution < -0.4 is 0 Å². The predicted molar refractivity (Wildman–Crippen MR) is 55.7 cm³/mol. The van der Waals surface area contributed by atoms with E-state index in [1.807, 2.05) is 13.8 Å². The van der Waals surface area contributed by atoms with Gasteiger partial charge in [-0.2, -0.15) is 4.98 Å². The molecule has 0 aromatic carbocycles. The molecule has 2 heterocycles. The number of hydrogen-bond donors (Lipinski definition) is 0. The third kappa shape index (κ3) is 2.16. The molecule has 0 spiro atoms. The van der Waals surface area contributed by atoms with Crippen LogP contribution in [0.4, 0.5) is 0 Å². The zero-order chi connectivity index (χ0) is 10.9. The van der Waals surface area contributed by atoms with E-state index in [1.165, 1.54) is 0 Å². The molecular weight excluding hydrogens is 216 g/mol. The van der Waals surface area contributed by atoms with Crippen molar-refractivity contribution in [2.75, 3.05) is 6.61 Å². The number of nitrogens with zero attached hydrogens (tertiary/aromatic N) is 2. The Morgan fingerprint density at radius 3 is 2.80 bits per heavy atom. The van der Waals surface area contributed by atoms with Gasteiger partial charge in [-0.05, 0) is 33.1 Å². The van der Waals surface area contributed by atoms with Crippen molar-refractivity contribution in [1.29, 1.82) is 0 Å². The number of rotatable bonds is 2. The van der Waals surface area contributed by atoms with Gasteiger partial charge in [-0.15, -0.1) is 11.6 Å². The predicted octanol–water partition coefficient (Wildman–Crippen LogP) is 2.79. The number of aromatic nitrogens is 2. The average molecular weight is 231 g/mol. The van der Waals surface area contributed by atoms with Crippen molar-refractivity contribution in [3.8, 4) is 0 Å². The summed E-state index contributed by atoms with van der Waals surface area (Å²) in [4.78, 5) is 4.27. The first kappa shape index (κ1) is 10.9. The molecule has 1 fully saturated rings. The van der Waals surface area contributed by atoms with Gasteiger partial charge in [0.15, 0.2) is 0 Å². The van der Waals surface area contributed by atoms with Crippen molar-refractivity contribution in [1.82, 2.24) is 10.1 Å². The summed E-state index contributed by atoms with van der Waals surface area (Å²) < 4.78 is 10.8. The molecule has 1 aliphatic rings. The minimum Gasteiger partial charge on any atom is -0.367 e. The Morgan fingerprint density at radius 2 is 2.27 bits per heavy atom. The molecule has 2 unspecified atom stereocenters. The Morgan fingerprint density at radius 1 is 1.47 bits per heavy atom. The molecule has 1 saturated heterocycles. The van der Waals surface area contributed by atoms with E-state index < -0.39 is 5.60 Å². The van der Waals surface area contributed by atoms with E-state index in [9.17, 15) is 0 Å². The summed E-state index contributed by atoms with van der Waals surface area (Å²) in [5.41, 5.74) is -0.397. The highest BCUT2D eigenvalue weighted by molar-refractivity contribution is 6.20. The second-order valence-corrected chi connectivity index (χ2v) is 4.76. The molecule has 1 aliphatic heterocycles. The Labute approximate surface area is 93.9 Å². The highest BCUT2D eigenvalue weighted by Crippen LogP contribution is 2.33. The molecule has 5 heteroatoms. The van der Waals surface area contributed by atoms with Gasteiger partial charge >= 0.3 is 0 Å². The first-order valence-electron chi connectivity index (χ1n) is 5.24. The summed E-state index contributed by atoms with van der Waals surface area (Å²) in [6.45, 7) is 4.57. The quantitative estimate of drug-likeness (QED) is 0.733. The van der Waals surface area contributed by atoms with Crippen LogP contribution in [0.3, 0.4) is 0 Å². The third-order valence-corrected chi connectivity index (χ3v) is 2.91. The largest absolute Gasteiger partial charge is 0.367 e. The Bertz CT molecular complexity index is 332. The number of halogens is 1. The van der Waals surface area contributed by atoms with E-state index in [4.69, 9.17) is 20.9 Å². The molecule has 84 valence electrons. The van der Waals surface area contributed by atoms with Crippen LogP contribution in [0.15, 0.2) is 4.52 Å². The fraction of sp³-hybridized carbons (Fsp3) is 0.800. The van der Waals surface area contributed by atoms with Crippen LogP contribution in [0, 0.1) is 0 Å². The minimum absolute atomic E-state index is 0.251.